The van der Waals surface area contributed by atoms with Crippen LogP contribution in [0.5, 0.6) is 0 Å². The van der Waals surface area contributed by atoms with Crippen LogP contribution >= 0.6 is 0 Å². The molecule has 0 aromatic heterocycles. The highest BCUT2D eigenvalue weighted by Crippen LogP contribution is 2.29. The Morgan fingerprint density at radius 2 is 1.79 bits per heavy atom. The Labute approximate surface area is 85.3 Å². The van der Waals surface area contributed by atoms with Gasteiger partial charge in [-0.25, -0.2) is 8.78 Å². The summed E-state index contributed by atoms with van der Waals surface area (Å²) in [5, 5.41) is 3.02. The number of hydrogen-bond donors (Lipinski definition) is 1. The van der Waals surface area contributed by atoms with Gasteiger partial charge < -0.3 is 5.32 Å². The van der Waals surface area contributed by atoms with Crippen LogP contribution in [0.15, 0.2) is 0 Å². The highest BCUT2D eigenvalue weighted by molar-refractivity contribution is 4.81. The topological polar surface area (TPSA) is 12.0 Å². The lowest BCUT2D eigenvalue weighted by Gasteiger charge is -2.34. The van der Waals surface area contributed by atoms with Crippen LogP contribution in [0.4, 0.5) is 8.78 Å². The third-order valence-electron chi connectivity index (χ3n) is 3.47. The van der Waals surface area contributed by atoms with Crippen LogP contribution in [-0.4, -0.2) is 18.5 Å². The molecule has 1 saturated carbocycles. The predicted molar refractivity (Wildman–Crippen MR) is 54.6 cm³/mol. The fourth-order valence-corrected chi connectivity index (χ4v) is 2.14. The van der Waals surface area contributed by atoms with Crippen molar-refractivity contribution in [1.29, 1.82) is 0 Å². The third kappa shape index (κ3) is 3.19. The molecule has 0 bridgehead atoms. The zero-order chi connectivity index (χ0) is 10.7. The molecule has 0 spiro atoms. The molecule has 0 amide bonds. The molecule has 4 atom stereocenters. The summed E-state index contributed by atoms with van der Waals surface area (Å²) in [6.45, 7) is 6.02. The van der Waals surface area contributed by atoms with Gasteiger partial charge >= 0.3 is 0 Å². The molecule has 3 heteroatoms. The van der Waals surface area contributed by atoms with Crippen molar-refractivity contribution in [3.63, 3.8) is 0 Å². The van der Waals surface area contributed by atoms with Gasteiger partial charge in [0.05, 0.1) is 6.04 Å². The van der Waals surface area contributed by atoms with Crippen LogP contribution in [-0.2, 0) is 0 Å². The molecule has 0 saturated heterocycles. The van der Waals surface area contributed by atoms with E-state index >= 15 is 0 Å². The van der Waals surface area contributed by atoms with Gasteiger partial charge in [-0.1, -0.05) is 13.8 Å². The average molecular weight is 205 g/mol. The molecule has 1 rings (SSSR count). The van der Waals surface area contributed by atoms with E-state index in [4.69, 9.17) is 0 Å². The summed E-state index contributed by atoms with van der Waals surface area (Å²) < 4.78 is 24.6. The Morgan fingerprint density at radius 3 is 2.29 bits per heavy atom. The van der Waals surface area contributed by atoms with E-state index in [2.05, 4.69) is 19.2 Å². The van der Waals surface area contributed by atoms with Gasteiger partial charge in [0.25, 0.3) is 6.43 Å². The molecule has 1 aliphatic carbocycles. The Morgan fingerprint density at radius 1 is 1.14 bits per heavy atom. The van der Waals surface area contributed by atoms with E-state index in [1.165, 1.54) is 0 Å². The predicted octanol–water partition coefficient (Wildman–Crippen LogP) is 3.05. The van der Waals surface area contributed by atoms with Crippen molar-refractivity contribution >= 4 is 0 Å². The minimum absolute atomic E-state index is 0.296. The van der Waals surface area contributed by atoms with Gasteiger partial charge in [-0.15, -0.1) is 0 Å². The Kier molecular flexibility index (Phi) is 4.30. The monoisotopic (exact) mass is 205 g/mol. The molecule has 4 unspecified atom stereocenters. The molecule has 0 radical (unpaired) electrons. The van der Waals surface area contributed by atoms with E-state index in [9.17, 15) is 8.78 Å². The van der Waals surface area contributed by atoms with Crippen molar-refractivity contribution in [3.05, 3.63) is 0 Å². The SMILES string of the molecule is CC1CCC(NC(C)C(F)F)CC1C. The van der Waals surface area contributed by atoms with Crippen LogP contribution in [0.1, 0.15) is 40.0 Å². The van der Waals surface area contributed by atoms with Crippen molar-refractivity contribution in [1.82, 2.24) is 5.32 Å². The highest BCUT2D eigenvalue weighted by atomic mass is 19.3. The first-order valence-electron chi connectivity index (χ1n) is 5.55. The lowest BCUT2D eigenvalue weighted by Crippen LogP contribution is -2.44. The molecule has 0 heterocycles. The quantitative estimate of drug-likeness (QED) is 0.746. The summed E-state index contributed by atoms with van der Waals surface area (Å²) >= 11 is 0. The zero-order valence-electron chi connectivity index (χ0n) is 9.26. The van der Waals surface area contributed by atoms with Crippen molar-refractivity contribution in [2.24, 2.45) is 11.8 Å². The molecular weight excluding hydrogens is 184 g/mol. The zero-order valence-corrected chi connectivity index (χ0v) is 9.26. The summed E-state index contributed by atoms with van der Waals surface area (Å²) in [5.74, 6) is 1.40. The average Bonchev–Trinajstić information content (AvgIpc) is 2.11. The van der Waals surface area contributed by atoms with Crippen LogP contribution in [0, 0.1) is 11.8 Å². The van der Waals surface area contributed by atoms with Crippen LogP contribution < -0.4 is 5.32 Å². The first kappa shape index (κ1) is 11.9. The van der Waals surface area contributed by atoms with Gasteiger partial charge in [-0.2, -0.15) is 0 Å². The van der Waals surface area contributed by atoms with Crippen molar-refractivity contribution in [2.75, 3.05) is 0 Å². The second-order valence-electron chi connectivity index (χ2n) is 4.75. The first-order valence-corrected chi connectivity index (χ1v) is 5.55. The van der Waals surface area contributed by atoms with Crippen LogP contribution in [0.2, 0.25) is 0 Å². The lowest BCUT2D eigenvalue weighted by molar-refractivity contribution is 0.0900. The number of nitrogens with one attached hydrogen (secondary N) is 1. The normalized spacial score (nSPS) is 36.0. The van der Waals surface area contributed by atoms with E-state index in [1.54, 1.807) is 6.92 Å². The van der Waals surface area contributed by atoms with E-state index in [0.717, 1.165) is 25.2 Å². The van der Waals surface area contributed by atoms with Crippen LogP contribution in [0.25, 0.3) is 0 Å². The Bertz CT molecular complexity index is 173. The number of halogens is 2. The van der Waals surface area contributed by atoms with E-state index in [-0.39, 0.29) is 0 Å². The maximum Gasteiger partial charge on any atom is 0.253 e. The van der Waals surface area contributed by atoms with Gasteiger partial charge in [-0.3, -0.25) is 0 Å². The molecule has 0 aliphatic heterocycles. The van der Waals surface area contributed by atoms with E-state index < -0.39 is 12.5 Å². The number of hydrogen-bond acceptors (Lipinski definition) is 1. The third-order valence-corrected chi connectivity index (χ3v) is 3.47. The molecule has 0 aromatic carbocycles. The maximum atomic E-state index is 12.3. The van der Waals surface area contributed by atoms with Gasteiger partial charge in [-0.05, 0) is 38.0 Å². The number of rotatable bonds is 3. The standard InChI is InChI=1S/C11H21F2N/c1-7-4-5-10(6-8(7)2)14-9(3)11(12)13/h7-11,14H,4-6H2,1-3H3. The smallest absolute Gasteiger partial charge is 0.253 e. The van der Waals surface area contributed by atoms with Gasteiger partial charge in [0, 0.05) is 6.04 Å². The molecule has 1 N–H and O–H groups in total. The summed E-state index contributed by atoms with van der Waals surface area (Å²) in [6.07, 6.45) is 1.000. The fourth-order valence-electron chi connectivity index (χ4n) is 2.14. The molecule has 1 fully saturated rings. The number of alkyl halides is 2. The van der Waals surface area contributed by atoms with Crippen molar-refractivity contribution in [2.45, 2.75) is 58.5 Å². The van der Waals surface area contributed by atoms with Gasteiger partial charge in [0.2, 0.25) is 0 Å². The minimum Gasteiger partial charge on any atom is -0.306 e. The van der Waals surface area contributed by atoms with Crippen molar-refractivity contribution in [3.8, 4) is 0 Å². The summed E-state index contributed by atoms with van der Waals surface area (Å²) in [4.78, 5) is 0. The van der Waals surface area contributed by atoms with E-state index in [0.29, 0.717) is 12.0 Å². The molecule has 1 aliphatic rings. The second kappa shape index (κ2) is 5.06. The first-order chi connectivity index (χ1) is 6.50. The molecular formula is C11H21F2N. The van der Waals surface area contributed by atoms with E-state index in [1.807, 2.05) is 0 Å². The van der Waals surface area contributed by atoms with Crippen molar-refractivity contribution < 1.29 is 8.78 Å². The molecule has 14 heavy (non-hydrogen) atoms. The molecule has 84 valence electrons. The lowest BCUT2D eigenvalue weighted by atomic mass is 9.79. The molecule has 0 aromatic rings. The minimum atomic E-state index is -2.25. The van der Waals surface area contributed by atoms with Gasteiger partial charge in [0.1, 0.15) is 0 Å². The van der Waals surface area contributed by atoms with Gasteiger partial charge in [0.15, 0.2) is 0 Å². The van der Waals surface area contributed by atoms with Crippen LogP contribution in [0.3, 0.4) is 0 Å². The second-order valence-corrected chi connectivity index (χ2v) is 4.75. The molecule has 1 nitrogen and oxygen atoms in total. The largest absolute Gasteiger partial charge is 0.306 e. The maximum absolute atomic E-state index is 12.3. The summed E-state index contributed by atoms with van der Waals surface area (Å²) in [7, 11) is 0. The fraction of sp³-hybridized carbons (Fsp3) is 1.00. The highest BCUT2D eigenvalue weighted by Gasteiger charge is 2.26. The summed E-state index contributed by atoms with van der Waals surface area (Å²) in [6, 6.07) is -0.370. The summed E-state index contributed by atoms with van der Waals surface area (Å²) in [5.41, 5.74) is 0. The Balaban J connectivity index is 2.33. The Hall–Kier alpha value is -0.180.